The molecule has 0 atom stereocenters. The molecule has 0 bridgehead atoms. The van der Waals surface area contributed by atoms with Crippen molar-refractivity contribution in [3.05, 3.63) is 42.0 Å². The van der Waals surface area contributed by atoms with Gasteiger partial charge in [0.1, 0.15) is 5.78 Å². The normalized spacial score (nSPS) is 22.5. The highest BCUT2D eigenvalue weighted by Gasteiger charge is 2.38. The zero-order valence-electron chi connectivity index (χ0n) is 16.5. The van der Waals surface area contributed by atoms with Crippen LogP contribution in [0.3, 0.4) is 0 Å². The predicted molar refractivity (Wildman–Crippen MR) is 107 cm³/mol. The Morgan fingerprint density at radius 2 is 2.00 bits per heavy atom. The summed E-state index contributed by atoms with van der Waals surface area (Å²) in [6, 6.07) is 8.37. The number of hydrogen-bond donors (Lipinski definition) is 0. The maximum atomic E-state index is 12.7. The number of aryl methyl sites for hydroxylation is 1. The second-order valence-corrected chi connectivity index (χ2v) is 7.97. The van der Waals surface area contributed by atoms with Gasteiger partial charge in [-0.05, 0) is 37.1 Å². The first-order valence-corrected chi connectivity index (χ1v) is 10.2. The molecule has 1 aromatic carbocycles. The van der Waals surface area contributed by atoms with Gasteiger partial charge >= 0.3 is 0 Å². The summed E-state index contributed by atoms with van der Waals surface area (Å²) in [5, 5.41) is 9.52. The zero-order chi connectivity index (χ0) is 19.8. The fraction of sp³-hybridized carbons (Fsp3) is 0.455. The van der Waals surface area contributed by atoms with Gasteiger partial charge in [0.15, 0.2) is 11.7 Å². The highest BCUT2D eigenvalue weighted by molar-refractivity contribution is 5.86. The second kappa shape index (κ2) is 7.65. The van der Waals surface area contributed by atoms with Crippen molar-refractivity contribution in [1.29, 1.82) is 0 Å². The van der Waals surface area contributed by atoms with E-state index in [4.69, 9.17) is 9.15 Å². The Balaban J connectivity index is 1.26. The zero-order valence-corrected chi connectivity index (χ0v) is 16.5. The number of fused-ring (bicyclic) bond motifs is 1. The molecule has 0 spiro atoms. The lowest BCUT2D eigenvalue weighted by Crippen LogP contribution is -2.51. The van der Waals surface area contributed by atoms with Crippen LogP contribution in [0.25, 0.3) is 22.2 Å². The number of nitrogens with zero attached hydrogens (tertiary/aromatic N) is 4. The Hall–Kier alpha value is -2.64. The Morgan fingerprint density at radius 1 is 1.17 bits per heavy atom. The molecule has 150 valence electrons. The van der Waals surface area contributed by atoms with Crippen LogP contribution >= 0.6 is 0 Å². The molecule has 0 radical (unpaired) electrons. The van der Waals surface area contributed by atoms with Crippen LogP contribution in [-0.4, -0.2) is 58.2 Å². The molecule has 1 saturated heterocycles. The van der Waals surface area contributed by atoms with E-state index >= 15 is 0 Å². The monoisotopic (exact) mass is 392 g/mol. The average Bonchev–Trinajstić information content (AvgIpc) is 3.13. The van der Waals surface area contributed by atoms with Crippen molar-refractivity contribution in [3.63, 3.8) is 0 Å². The molecular weight excluding hydrogens is 368 g/mol. The molecule has 2 aromatic heterocycles. The maximum Gasteiger partial charge on any atom is 0.191 e. The Labute approximate surface area is 169 Å². The standard InChI is InChI=1S/C22H24N4O3/c1-14-23-13-22(29-14)15-2-3-20-16(8-15)9-18(24-25-20)12-21(27)17-10-19(11-17)26-4-6-28-7-5-26/h2-3,8-9,13,17,19H,4-7,10-12H2,1H3. The first-order valence-electron chi connectivity index (χ1n) is 10.2. The molecule has 1 saturated carbocycles. The van der Waals surface area contributed by atoms with Crippen molar-refractivity contribution < 1.29 is 13.9 Å². The minimum absolute atomic E-state index is 0.142. The van der Waals surface area contributed by atoms with Gasteiger partial charge in [0.25, 0.3) is 0 Å². The molecule has 0 unspecified atom stereocenters. The highest BCUT2D eigenvalue weighted by Crippen LogP contribution is 2.33. The number of rotatable bonds is 5. The molecular formula is C22H24N4O3. The van der Waals surface area contributed by atoms with Crippen LogP contribution < -0.4 is 0 Å². The predicted octanol–water partition coefficient (Wildman–Crippen LogP) is 2.82. The summed E-state index contributed by atoms with van der Waals surface area (Å²) >= 11 is 0. The van der Waals surface area contributed by atoms with Gasteiger partial charge in [0.2, 0.25) is 0 Å². The summed E-state index contributed by atoms with van der Waals surface area (Å²) < 4.78 is 11.0. The van der Waals surface area contributed by atoms with E-state index in [1.807, 2.05) is 31.2 Å². The summed E-state index contributed by atoms with van der Waals surface area (Å²) in [7, 11) is 0. The lowest BCUT2D eigenvalue weighted by Gasteiger charge is -2.43. The number of Topliss-reactive ketones (excluding diaryl/α,β-unsaturated/α-hetero) is 1. The van der Waals surface area contributed by atoms with Crippen molar-refractivity contribution in [2.45, 2.75) is 32.2 Å². The smallest absolute Gasteiger partial charge is 0.191 e. The Bertz CT molecular complexity index is 1040. The third-order valence-electron chi connectivity index (χ3n) is 6.03. The molecule has 3 aromatic rings. The van der Waals surface area contributed by atoms with E-state index in [-0.39, 0.29) is 11.7 Å². The number of ether oxygens (including phenoxy) is 1. The van der Waals surface area contributed by atoms with E-state index in [2.05, 4.69) is 20.1 Å². The number of hydrogen-bond acceptors (Lipinski definition) is 7. The van der Waals surface area contributed by atoms with Crippen molar-refractivity contribution in [2.75, 3.05) is 26.3 Å². The molecule has 1 aliphatic carbocycles. The average molecular weight is 392 g/mol. The number of carbonyl (C=O) groups excluding carboxylic acids is 1. The quantitative estimate of drug-likeness (QED) is 0.660. The van der Waals surface area contributed by atoms with Gasteiger partial charge in [-0.15, -0.1) is 0 Å². The van der Waals surface area contributed by atoms with E-state index in [1.165, 1.54) is 0 Å². The van der Waals surface area contributed by atoms with Crippen LogP contribution in [0.4, 0.5) is 0 Å². The van der Waals surface area contributed by atoms with Crippen LogP contribution in [0.15, 0.2) is 34.9 Å². The van der Waals surface area contributed by atoms with Gasteiger partial charge in [-0.25, -0.2) is 4.98 Å². The van der Waals surface area contributed by atoms with Gasteiger partial charge in [0, 0.05) is 42.9 Å². The van der Waals surface area contributed by atoms with Crippen LogP contribution in [0.1, 0.15) is 24.4 Å². The van der Waals surface area contributed by atoms with E-state index in [0.29, 0.717) is 18.4 Å². The molecule has 29 heavy (non-hydrogen) atoms. The van der Waals surface area contributed by atoms with E-state index < -0.39 is 0 Å². The summed E-state index contributed by atoms with van der Waals surface area (Å²) in [5.74, 6) is 1.77. The number of oxazole rings is 1. The summed E-state index contributed by atoms with van der Waals surface area (Å²) in [6.45, 7) is 5.39. The number of benzene rings is 1. The van der Waals surface area contributed by atoms with Crippen LogP contribution in [0, 0.1) is 12.8 Å². The molecule has 2 fully saturated rings. The third kappa shape index (κ3) is 3.80. The molecule has 3 heterocycles. The van der Waals surface area contributed by atoms with Crippen molar-refractivity contribution in [3.8, 4) is 11.3 Å². The third-order valence-corrected chi connectivity index (χ3v) is 6.03. The first-order chi connectivity index (χ1) is 14.2. The van der Waals surface area contributed by atoms with Gasteiger partial charge in [-0.2, -0.15) is 10.2 Å². The topological polar surface area (TPSA) is 81.4 Å². The number of aromatic nitrogens is 3. The molecule has 1 aliphatic heterocycles. The summed E-state index contributed by atoms with van der Waals surface area (Å²) in [5.41, 5.74) is 2.47. The van der Waals surface area contributed by atoms with Gasteiger partial charge in [-0.1, -0.05) is 0 Å². The minimum atomic E-state index is 0.142. The largest absolute Gasteiger partial charge is 0.441 e. The molecule has 0 amide bonds. The lowest BCUT2D eigenvalue weighted by atomic mass is 9.75. The number of morpholine rings is 1. The van der Waals surface area contributed by atoms with Crippen LogP contribution in [0.2, 0.25) is 0 Å². The summed E-state index contributed by atoms with van der Waals surface area (Å²) in [6.07, 6.45) is 3.97. The maximum absolute atomic E-state index is 12.7. The Kier molecular flexibility index (Phi) is 4.85. The highest BCUT2D eigenvalue weighted by atomic mass is 16.5. The fourth-order valence-corrected chi connectivity index (χ4v) is 4.24. The van der Waals surface area contributed by atoms with Crippen LogP contribution in [0.5, 0.6) is 0 Å². The lowest BCUT2D eigenvalue weighted by molar-refractivity contribution is -0.127. The molecule has 7 heteroatoms. The first kappa shape index (κ1) is 18.4. The minimum Gasteiger partial charge on any atom is -0.441 e. The van der Waals surface area contributed by atoms with Gasteiger partial charge in [-0.3, -0.25) is 9.69 Å². The fourth-order valence-electron chi connectivity index (χ4n) is 4.24. The van der Waals surface area contributed by atoms with Crippen molar-refractivity contribution in [1.82, 2.24) is 20.1 Å². The van der Waals surface area contributed by atoms with Crippen molar-refractivity contribution in [2.24, 2.45) is 5.92 Å². The van der Waals surface area contributed by atoms with Gasteiger partial charge < -0.3 is 9.15 Å². The number of carbonyl (C=O) groups is 1. The molecule has 5 rings (SSSR count). The van der Waals surface area contributed by atoms with E-state index in [0.717, 1.165) is 67.1 Å². The summed E-state index contributed by atoms with van der Waals surface area (Å²) in [4.78, 5) is 19.3. The van der Waals surface area contributed by atoms with Crippen molar-refractivity contribution >= 4 is 16.7 Å². The molecule has 2 aliphatic rings. The SMILES string of the molecule is Cc1ncc(-c2ccc3nnc(CC(=O)C4CC(N5CCOCC5)C4)cc3c2)o1. The molecule has 0 N–H and O–H groups in total. The van der Waals surface area contributed by atoms with E-state index in [1.54, 1.807) is 6.20 Å². The van der Waals surface area contributed by atoms with Crippen LogP contribution in [-0.2, 0) is 16.0 Å². The Morgan fingerprint density at radius 3 is 2.76 bits per heavy atom. The number of ketones is 1. The van der Waals surface area contributed by atoms with Gasteiger partial charge in [0.05, 0.1) is 37.0 Å². The van der Waals surface area contributed by atoms with E-state index in [9.17, 15) is 4.79 Å². The second-order valence-electron chi connectivity index (χ2n) is 7.97. The molecule has 7 nitrogen and oxygen atoms in total.